The molecule has 0 bridgehead atoms. The molecule has 1 aromatic rings. The summed E-state index contributed by atoms with van der Waals surface area (Å²) in [7, 11) is 0. The molecular formula is C11H15BrN2O. The molecule has 0 radical (unpaired) electrons. The normalized spacial score (nSPS) is 12.3. The van der Waals surface area contributed by atoms with Crippen molar-refractivity contribution in [2.45, 2.75) is 13.8 Å². The zero-order valence-corrected chi connectivity index (χ0v) is 10.5. The summed E-state index contributed by atoms with van der Waals surface area (Å²) in [5, 5.41) is 2.84. The fourth-order valence-electron chi connectivity index (χ4n) is 1.10. The third-order valence-electron chi connectivity index (χ3n) is 2.18. The highest BCUT2D eigenvalue weighted by Gasteiger charge is 2.12. The van der Waals surface area contributed by atoms with E-state index in [1.807, 2.05) is 25.1 Å². The molecule has 0 saturated carbocycles. The number of aryl methyl sites for hydroxylation is 1. The molecule has 0 spiro atoms. The number of halogens is 1. The predicted molar refractivity (Wildman–Crippen MR) is 65.7 cm³/mol. The Morgan fingerprint density at radius 1 is 1.60 bits per heavy atom. The van der Waals surface area contributed by atoms with E-state index in [4.69, 9.17) is 5.73 Å². The van der Waals surface area contributed by atoms with E-state index >= 15 is 0 Å². The second kappa shape index (κ2) is 5.28. The Bertz CT molecular complexity index is 366. The van der Waals surface area contributed by atoms with Gasteiger partial charge in [-0.1, -0.05) is 13.0 Å². The predicted octanol–water partition coefficient (Wildman–Crippen LogP) is 2.29. The molecule has 0 aliphatic heterocycles. The van der Waals surface area contributed by atoms with E-state index < -0.39 is 0 Å². The van der Waals surface area contributed by atoms with E-state index in [0.29, 0.717) is 6.54 Å². The summed E-state index contributed by atoms with van der Waals surface area (Å²) in [5.74, 6) is -0.221. The summed E-state index contributed by atoms with van der Waals surface area (Å²) in [6.07, 6.45) is 0. The lowest BCUT2D eigenvalue weighted by atomic mass is 10.1. The smallest absolute Gasteiger partial charge is 0.228 e. The summed E-state index contributed by atoms with van der Waals surface area (Å²) in [6, 6.07) is 5.81. The van der Waals surface area contributed by atoms with Crippen molar-refractivity contribution in [2.75, 3.05) is 11.9 Å². The van der Waals surface area contributed by atoms with Crippen molar-refractivity contribution in [3.8, 4) is 0 Å². The number of carbonyl (C=O) groups excluding carboxylic acids is 1. The minimum absolute atomic E-state index is 0.0520. The van der Waals surface area contributed by atoms with Crippen LogP contribution in [0.1, 0.15) is 12.5 Å². The largest absolute Gasteiger partial charge is 0.330 e. The van der Waals surface area contributed by atoms with Gasteiger partial charge in [-0.15, -0.1) is 0 Å². The third-order valence-corrected chi connectivity index (χ3v) is 2.87. The molecule has 4 heteroatoms. The van der Waals surface area contributed by atoms with Crippen LogP contribution in [0.15, 0.2) is 22.7 Å². The maximum atomic E-state index is 11.6. The first kappa shape index (κ1) is 12.2. The highest BCUT2D eigenvalue weighted by Crippen LogP contribution is 2.23. The molecule has 0 fully saturated rings. The molecule has 3 nitrogen and oxygen atoms in total. The molecule has 0 saturated heterocycles. The van der Waals surface area contributed by atoms with E-state index in [0.717, 1.165) is 15.7 Å². The van der Waals surface area contributed by atoms with Crippen LogP contribution >= 0.6 is 15.9 Å². The van der Waals surface area contributed by atoms with Crippen LogP contribution < -0.4 is 11.1 Å². The maximum Gasteiger partial charge on any atom is 0.228 e. The van der Waals surface area contributed by atoms with E-state index in [1.165, 1.54) is 0 Å². The second-order valence-electron chi connectivity index (χ2n) is 3.61. The van der Waals surface area contributed by atoms with Gasteiger partial charge in [0.05, 0.1) is 5.69 Å². The quantitative estimate of drug-likeness (QED) is 0.886. The molecule has 1 rings (SSSR count). The minimum Gasteiger partial charge on any atom is -0.330 e. The highest BCUT2D eigenvalue weighted by atomic mass is 79.9. The molecule has 0 aromatic heterocycles. The van der Waals surface area contributed by atoms with Crippen molar-refractivity contribution in [3.63, 3.8) is 0 Å². The van der Waals surface area contributed by atoms with Crippen LogP contribution in [0.25, 0.3) is 0 Å². The molecule has 0 aliphatic carbocycles. The molecule has 0 heterocycles. The van der Waals surface area contributed by atoms with Crippen LogP contribution in [-0.2, 0) is 4.79 Å². The van der Waals surface area contributed by atoms with Gasteiger partial charge in [0.25, 0.3) is 0 Å². The maximum absolute atomic E-state index is 11.6. The van der Waals surface area contributed by atoms with Crippen LogP contribution in [0, 0.1) is 12.8 Å². The topological polar surface area (TPSA) is 55.1 Å². The zero-order valence-electron chi connectivity index (χ0n) is 8.88. The fourth-order valence-corrected chi connectivity index (χ4v) is 1.44. The monoisotopic (exact) mass is 270 g/mol. The molecule has 0 aliphatic rings. The van der Waals surface area contributed by atoms with Crippen molar-refractivity contribution in [1.29, 1.82) is 0 Å². The van der Waals surface area contributed by atoms with Crippen molar-refractivity contribution >= 4 is 27.5 Å². The van der Waals surface area contributed by atoms with Crippen molar-refractivity contribution in [1.82, 2.24) is 0 Å². The number of nitrogens with one attached hydrogen (secondary N) is 1. The Labute approximate surface area is 98.2 Å². The number of rotatable bonds is 3. The Balaban J connectivity index is 2.80. The third kappa shape index (κ3) is 3.32. The van der Waals surface area contributed by atoms with Gasteiger partial charge in [0.15, 0.2) is 0 Å². The van der Waals surface area contributed by atoms with Crippen LogP contribution in [0.4, 0.5) is 5.69 Å². The Kier molecular flexibility index (Phi) is 4.29. The molecule has 1 unspecified atom stereocenters. The molecule has 3 N–H and O–H groups in total. The van der Waals surface area contributed by atoms with E-state index in [1.54, 1.807) is 6.92 Å². The number of anilines is 1. The first-order chi connectivity index (χ1) is 7.04. The van der Waals surface area contributed by atoms with Crippen LogP contribution in [0.5, 0.6) is 0 Å². The van der Waals surface area contributed by atoms with Crippen LogP contribution in [-0.4, -0.2) is 12.5 Å². The van der Waals surface area contributed by atoms with Gasteiger partial charge in [0.2, 0.25) is 5.91 Å². The number of hydrogen-bond acceptors (Lipinski definition) is 2. The number of carbonyl (C=O) groups is 1. The average molecular weight is 271 g/mol. The molecule has 82 valence electrons. The van der Waals surface area contributed by atoms with E-state index in [2.05, 4.69) is 21.2 Å². The Hall–Kier alpha value is -0.870. The average Bonchev–Trinajstić information content (AvgIpc) is 2.22. The number of benzene rings is 1. The lowest BCUT2D eigenvalue weighted by Gasteiger charge is -2.11. The van der Waals surface area contributed by atoms with Gasteiger partial charge in [0, 0.05) is 16.9 Å². The lowest BCUT2D eigenvalue weighted by molar-refractivity contribution is -0.119. The van der Waals surface area contributed by atoms with Crippen molar-refractivity contribution < 1.29 is 4.79 Å². The SMILES string of the molecule is Cc1ccc(Br)c(NC(=O)C(C)CN)c1. The lowest BCUT2D eigenvalue weighted by Crippen LogP contribution is -2.26. The highest BCUT2D eigenvalue weighted by molar-refractivity contribution is 9.10. The molecule has 1 aromatic carbocycles. The van der Waals surface area contributed by atoms with Gasteiger partial charge in [-0.3, -0.25) is 4.79 Å². The Morgan fingerprint density at radius 3 is 2.87 bits per heavy atom. The van der Waals surface area contributed by atoms with Crippen molar-refractivity contribution in [3.05, 3.63) is 28.2 Å². The van der Waals surface area contributed by atoms with Crippen LogP contribution in [0.2, 0.25) is 0 Å². The first-order valence-electron chi connectivity index (χ1n) is 4.81. The van der Waals surface area contributed by atoms with Gasteiger partial charge >= 0.3 is 0 Å². The summed E-state index contributed by atoms with van der Waals surface area (Å²) in [4.78, 5) is 11.6. The molecule has 15 heavy (non-hydrogen) atoms. The number of hydrogen-bond donors (Lipinski definition) is 2. The van der Waals surface area contributed by atoms with Gasteiger partial charge in [-0.2, -0.15) is 0 Å². The van der Waals surface area contributed by atoms with Gasteiger partial charge < -0.3 is 11.1 Å². The summed E-state index contributed by atoms with van der Waals surface area (Å²) < 4.78 is 0.880. The second-order valence-corrected chi connectivity index (χ2v) is 4.46. The van der Waals surface area contributed by atoms with Gasteiger partial charge in [0.1, 0.15) is 0 Å². The Morgan fingerprint density at radius 2 is 2.27 bits per heavy atom. The molecular weight excluding hydrogens is 256 g/mol. The zero-order chi connectivity index (χ0) is 11.4. The van der Waals surface area contributed by atoms with Gasteiger partial charge in [-0.25, -0.2) is 0 Å². The number of nitrogens with two attached hydrogens (primary N) is 1. The van der Waals surface area contributed by atoms with Gasteiger partial charge in [-0.05, 0) is 40.5 Å². The standard InChI is InChI=1S/C11H15BrN2O/c1-7-3-4-9(12)10(5-7)14-11(15)8(2)6-13/h3-5,8H,6,13H2,1-2H3,(H,14,15). The first-order valence-corrected chi connectivity index (χ1v) is 5.61. The molecule has 1 amide bonds. The van der Waals surface area contributed by atoms with Crippen LogP contribution in [0.3, 0.4) is 0 Å². The minimum atomic E-state index is -0.169. The summed E-state index contributed by atoms with van der Waals surface area (Å²) in [5.41, 5.74) is 7.32. The number of amides is 1. The van der Waals surface area contributed by atoms with Crippen molar-refractivity contribution in [2.24, 2.45) is 11.7 Å². The van der Waals surface area contributed by atoms with E-state index in [-0.39, 0.29) is 11.8 Å². The molecule has 1 atom stereocenters. The summed E-state index contributed by atoms with van der Waals surface area (Å²) in [6.45, 7) is 4.14. The van der Waals surface area contributed by atoms with E-state index in [9.17, 15) is 4.79 Å². The summed E-state index contributed by atoms with van der Waals surface area (Å²) >= 11 is 3.38. The fraction of sp³-hybridized carbons (Fsp3) is 0.364.